The van der Waals surface area contributed by atoms with Gasteiger partial charge in [-0.25, -0.2) is 0 Å². The summed E-state index contributed by atoms with van der Waals surface area (Å²) in [6, 6.07) is 4.90. The Kier molecular flexibility index (Phi) is 4.55. The molecule has 1 fully saturated rings. The maximum Gasteiger partial charge on any atom is 0.241 e. The number of nitrogens with two attached hydrogens (primary N) is 1. The van der Waals surface area contributed by atoms with E-state index in [-0.39, 0.29) is 11.9 Å². The summed E-state index contributed by atoms with van der Waals surface area (Å²) < 4.78 is 0. The second-order valence-corrected chi connectivity index (χ2v) is 6.22. The Morgan fingerprint density at radius 1 is 1.60 bits per heavy atom. The number of rotatable bonds is 5. The Morgan fingerprint density at radius 3 is 2.80 bits per heavy atom. The van der Waals surface area contributed by atoms with Gasteiger partial charge < -0.3 is 11.1 Å². The topological polar surface area (TPSA) is 58.4 Å². The van der Waals surface area contributed by atoms with Crippen molar-refractivity contribution in [2.24, 2.45) is 11.8 Å². The van der Waals surface area contributed by atoms with Crippen LogP contribution in [0.4, 0.5) is 11.4 Å². The molecule has 20 heavy (non-hydrogen) atoms. The highest BCUT2D eigenvalue weighted by Gasteiger charge is 2.34. The predicted octanol–water partition coefficient (Wildman–Crippen LogP) is 2.84. The quantitative estimate of drug-likeness (QED) is 0.821. The van der Waals surface area contributed by atoms with Crippen molar-refractivity contribution in [3.63, 3.8) is 0 Å². The molecule has 110 valence electrons. The standard InChI is InChI=1S/C15H22ClN3O/c1-9-6-11(9)8-19(3)10(2)15(20)18-14-5-4-12(17)7-13(14)16/h4-5,7,9-11H,6,8,17H2,1-3H3,(H,18,20). The van der Waals surface area contributed by atoms with Gasteiger partial charge in [-0.05, 0) is 50.4 Å². The SMILES string of the molecule is CC1CC1CN(C)C(C)C(=O)Nc1ccc(N)cc1Cl. The van der Waals surface area contributed by atoms with E-state index in [0.29, 0.717) is 16.4 Å². The Morgan fingerprint density at radius 2 is 2.25 bits per heavy atom. The van der Waals surface area contributed by atoms with Crippen LogP contribution >= 0.6 is 11.6 Å². The van der Waals surface area contributed by atoms with Gasteiger partial charge in [0.2, 0.25) is 5.91 Å². The van der Waals surface area contributed by atoms with Crippen molar-refractivity contribution in [3.05, 3.63) is 23.2 Å². The molecule has 1 aliphatic rings. The second-order valence-electron chi connectivity index (χ2n) is 5.82. The molecule has 1 aromatic carbocycles. The number of benzene rings is 1. The zero-order chi connectivity index (χ0) is 14.9. The van der Waals surface area contributed by atoms with Crippen LogP contribution in [0.15, 0.2) is 18.2 Å². The highest BCUT2D eigenvalue weighted by molar-refractivity contribution is 6.34. The van der Waals surface area contributed by atoms with E-state index in [1.54, 1.807) is 18.2 Å². The van der Waals surface area contributed by atoms with E-state index in [2.05, 4.69) is 17.1 Å². The first kappa shape index (κ1) is 15.1. The fourth-order valence-corrected chi connectivity index (χ4v) is 2.49. The number of carbonyl (C=O) groups excluding carboxylic acids is 1. The molecular formula is C15H22ClN3O. The van der Waals surface area contributed by atoms with Crippen molar-refractivity contribution in [2.75, 3.05) is 24.6 Å². The van der Waals surface area contributed by atoms with Crippen LogP contribution in [0, 0.1) is 11.8 Å². The van der Waals surface area contributed by atoms with Gasteiger partial charge in [-0.15, -0.1) is 0 Å². The molecule has 0 heterocycles. The van der Waals surface area contributed by atoms with Gasteiger partial charge >= 0.3 is 0 Å². The molecule has 0 radical (unpaired) electrons. The molecule has 0 aliphatic heterocycles. The van der Waals surface area contributed by atoms with Crippen LogP contribution < -0.4 is 11.1 Å². The van der Waals surface area contributed by atoms with E-state index in [1.807, 2.05) is 14.0 Å². The molecule has 3 unspecified atom stereocenters. The third-order valence-corrected chi connectivity index (χ3v) is 4.40. The van der Waals surface area contributed by atoms with Crippen molar-refractivity contribution >= 4 is 28.9 Å². The molecule has 3 atom stereocenters. The van der Waals surface area contributed by atoms with Gasteiger partial charge in [-0.2, -0.15) is 0 Å². The first-order valence-electron chi connectivity index (χ1n) is 6.94. The van der Waals surface area contributed by atoms with Crippen molar-refractivity contribution in [2.45, 2.75) is 26.3 Å². The Labute approximate surface area is 125 Å². The molecule has 2 rings (SSSR count). The summed E-state index contributed by atoms with van der Waals surface area (Å²) in [5, 5.41) is 3.32. The maximum absolute atomic E-state index is 12.2. The van der Waals surface area contributed by atoms with Crippen LogP contribution in [0.25, 0.3) is 0 Å². The Hall–Kier alpha value is -1.26. The number of halogens is 1. The molecule has 1 amide bonds. The second kappa shape index (κ2) is 6.02. The average Bonchev–Trinajstić information content (AvgIpc) is 3.07. The monoisotopic (exact) mass is 295 g/mol. The van der Waals surface area contributed by atoms with Gasteiger partial charge in [0.25, 0.3) is 0 Å². The number of hydrogen-bond donors (Lipinski definition) is 2. The Bertz CT molecular complexity index is 506. The number of nitrogen functional groups attached to an aromatic ring is 1. The molecule has 0 aromatic heterocycles. The molecule has 0 spiro atoms. The highest BCUT2D eigenvalue weighted by Crippen LogP contribution is 2.38. The van der Waals surface area contributed by atoms with Gasteiger partial charge in [0.15, 0.2) is 0 Å². The Balaban J connectivity index is 1.92. The molecule has 4 nitrogen and oxygen atoms in total. The minimum absolute atomic E-state index is 0.0486. The summed E-state index contributed by atoms with van der Waals surface area (Å²) in [7, 11) is 1.99. The lowest BCUT2D eigenvalue weighted by Gasteiger charge is -2.24. The molecule has 0 bridgehead atoms. The van der Waals surface area contributed by atoms with Crippen molar-refractivity contribution in [3.8, 4) is 0 Å². The summed E-state index contributed by atoms with van der Waals surface area (Å²) in [6.45, 7) is 5.12. The van der Waals surface area contributed by atoms with E-state index in [0.717, 1.165) is 18.4 Å². The number of anilines is 2. The molecule has 5 heteroatoms. The van der Waals surface area contributed by atoms with Crippen molar-refractivity contribution < 1.29 is 4.79 Å². The number of nitrogens with one attached hydrogen (secondary N) is 1. The van der Waals surface area contributed by atoms with Crippen LogP contribution in [0.2, 0.25) is 5.02 Å². The first-order chi connectivity index (χ1) is 9.38. The normalized spacial score (nSPS) is 22.6. The molecular weight excluding hydrogens is 274 g/mol. The zero-order valence-corrected chi connectivity index (χ0v) is 12.9. The summed E-state index contributed by atoms with van der Waals surface area (Å²) in [5.74, 6) is 1.47. The smallest absolute Gasteiger partial charge is 0.241 e. The lowest BCUT2D eigenvalue weighted by molar-refractivity contribution is -0.120. The third kappa shape index (κ3) is 3.64. The molecule has 3 N–H and O–H groups in total. The van der Waals surface area contributed by atoms with Gasteiger partial charge in [0, 0.05) is 12.2 Å². The van der Waals surface area contributed by atoms with Crippen LogP contribution in [-0.2, 0) is 4.79 Å². The number of nitrogens with zero attached hydrogens (tertiary/aromatic N) is 1. The first-order valence-corrected chi connectivity index (χ1v) is 7.32. The number of carbonyl (C=O) groups is 1. The maximum atomic E-state index is 12.2. The van der Waals surface area contributed by atoms with Crippen LogP contribution in [-0.4, -0.2) is 30.4 Å². The van der Waals surface area contributed by atoms with E-state index in [9.17, 15) is 4.79 Å². The number of amides is 1. The highest BCUT2D eigenvalue weighted by atomic mass is 35.5. The molecule has 1 aromatic rings. The fourth-order valence-electron chi connectivity index (χ4n) is 2.25. The van der Waals surface area contributed by atoms with Gasteiger partial charge in [-0.3, -0.25) is 9.69 Å². The molecule has 1 aliphatic carbocycles. The number of hydrogen-bond acceptors (Lipinski definition) is 3. The summed E-state index contributed by atoms with van der Waals surface area (Å²) in [5.41, 5.74) is 6.82. The molecule has 1 saturated carbocycles. The average molecular weight is 296 g/mol. The van der Waals surface area contributed by atoms with Crippen LogP contribution in [0.3, 0.4) is 0 Å². The van der Waals surface area contributed by atoms with Gasteiger partial charge in [0.05, 0.1) is 16.8 Å². The summed E-state index contributed by atoms with van der Waals surface area (Å²) in [4.78, 5) is 14.3. The van der Waals surface area contributed by atoms with Gasteiger partial charge in [-0.1, -0.05) is 18.5 Å². The molecule has 0 saturated heterocycles. The third-order valence-electron chi connectivity index (χ3n) is 4.09. The van der Waals surface area contributed by atoms with E-state index in [4.69, 9.17) is 17.3 Å². The summed E-state index contributed by atoms with van der Waals surface area (Å²) >= 11 is 6.06. The predicted molar refractivity (Wildman–Crippen MR) is 83.9 cm³/mol. The fraction of sp³-hybridized carbons (Fsp3) is 0.533. The van der Waals surface area contributed by atoms with Crippen molar-refractivity contribution in [1.82, 2.24) is 4.90 Å². The van der Waals surface area contributed by atoms with E-state index < -0.39 is 0 Å². The minimum atomic E-state index is -0.184. The summed E-state index contributed by atoms with van der Waals surface area (Å²) in [6.07, 6.45) is 1.27. The lowest BCUT2D eigenvalue weighted by Crippen LogP contribution is -2.40. The number of likely N-dealkylation sites (N-methyl/N-ethyl adjacent to an activating group) is 1. The van der Waals surface area contributed by atoms with Crippen LogP contribution in [0.5, 0.6) is 0 Å². The van der Waals surface area contributed by atoms with E-state index >= 15 is 0 Å². The zero-order valence-electron chi connectivity index (χ0n) is 12.2. The lowest BCUT2D eigenvalue weighted by atomic mass is 10.2. The van der Waals surface area contributed by atoms with Gasteiger partial charge in [0.1, 0.15) is 0 Å². The van der Waals surface area contributed by atoms with Crippen LogP contribution in [0.1, 0.15) is 20.3 Å². The minimum Gasteiger partial charge on any atom is -0.399 e. The van der Waals surface area contributed by atoms with Crippen molar-refractivity contribution in [1.29, 1.82) is 0 Å². The van der Waals surface area contributed by atoms with E-state index in [1.165, 1.54) is 6.42 Å². The largest absolute Gasteiger partial charge is 0.399 e.